The summed E-state index contributed by atoms with van der Waals surface area (Å²) in [6.45, 7) is 0.443. The van der Waals surface area contributed by atoms with Gasteiger partial charge in [0.05, 0.1) is 12.7 Å². The van der Waals surface area contributed by atoms with Crippen molar-refractivity contribution in [3.05, 3.63) is 108 Å². The van der Waals surface area contributed by atoms with Crippen molar-refractivity contribution in [2.45, 2.75) is 11.7 Å². The molecule has 0 radical (unpaired) electrons. The lowest BCUT2D eigenvalue weighted by Crippen LogP contribution is -2.36. The van der Waals surface area contributed by atoms with E-state index in [0.717, 1.165) is 16.7 Å². The minimum Gasteiger partial charge on any atom is -0.378 e. The van der Waals surface area contributed by atoms with E-state index >= 15 is 0 Å². The number of ether oxygens (including phenoxy) is 2. The van der Waals surface area contributed by atoms with Crippen molar-refractivity contribution in [3.63, 3.8) is 0 Å². The molecule has 0 fully saturated rings. The molecule has 0 aliphatic heterocycles. The van der Waals surface area contributed by atoms with Gasteiger partial charge < -0.3 is 9.47 Å². The van der Waals surface area contributed by atoms with Gasteiger partial charge in [-0.3, -0.25) is 0 Å². The zero-order chi connectivity index (χ0) is 18.2. The van der Waals surface area contributed by atoms with Gasteiger partial charge in [-0.25, -0.2) is 0 Å². The third-order valence-electron chi connectivity index (χ3n) is 4.56. The summed E-state index contributed by atoms with van der Waals surface area (Å²) < 4.78 is 12.2. The van der Waals surface area contributed by atoms with E-state index < -0.39 is 5.60 Å². The van der Waals surface area contributed by atoms with Crippen LogP contribution in [0.1, 0.15) is 16.7 Å². The van der Waals surface area contributed by atoms with Crippen molar-refractivity contribution in [3.8, 4) is 0 Å². The Morgan fingerprint density at radius 2 is 1.12 bits per heavy atom. The van der Waals surface area contributed by atoms with Crippen LogP contribution in [0.4, 0.5) is 0 Å². The van der Waals surface area contributed by atoms with Crippen LogP contribution in [-0.4, -0.2) is 25.6 Å². The van der Waals surface area contributed by atoms with Gasteiger partial charge in [-0.1, -0.05) is 91.0 Å². The third kappa shape index (κ3) is 3.85. The number of benzene rings is 3. The molecule has 0 aliphatic rings. The Hall–Kier alpha value is -2.07. The highest BCUT2D eigenvalue weighted by atomic mass is 32.1. The van der Waals surface area contributed by atoms with Gasteiger partial charge in [0.2, 0.25) is 0 Å². The lowest BCUT2D eigenvalue weighted by Gasteiger charge is -2.36. The van der Waals surface area contributed by atoms with Crippen LogP contribution in [0, 0.1) is 0 Å². The Bertz CT molecular complexity index is 674. The molecule has 26 heavy (non-hydrogen) atoms. The second kappa shape index (κ2) is 9.04. The lowest BCUT2D eigenvalue weighted by atomic mass is 9.80. The van der Waals surface area contributed by atoms with Crippen molar-refractivity contribution in [1.29, 1.82) is 0 Å². The Labute approximate surface area is 161 Å². The zero-order valence-electron chi connectivity index (χ0n) is 14.9. The van der Waals surface area contributed by atoms with E-state index in [4.69, 9.17) is 9.47 Å². The SMILES string of the molecule is CO[C@H](CS)COC(c1ccccc1)(c1ccccc1)c1ccccc1. The Balaban J connectivity index is 2.18. The summed E-state index contributed by atoms with van der Waals surface area (Å²) in [5, 5.41) is 0. The molecular formula is C23H24O2S. The number of methoxy groups -OCH3 is 1. The van der Waals surface area contributed by atoms with Gasteiger partial charge >= 0.3 is 0 Å². The second-order valence-corrected chi connectivity index (χ2v) is 6.50. The smallest absolute Gasteiger partial charge is 0.143 e. The van der Waals surface area contributed by atoms with Crippen LogP contribution in [0.25, 0.3) is 0 Å². The normalized spacial score (nSPS) is 12.7. The first-order chi connectivity index (χ1) is 12.8. The van der Waals surface area contributed by atoms with Crippen LogP contribution in [0.3, 0.4) is 0 Å². The summed E-state index contributed by atoms with van der Waals surface area (Å²) in [7, 11) is 1.69. The molecule has 0 unspecified atom stereocenters. The van der Waals surface area contributed by atoms with Crippen LogP contribution in [0.15, 0.2) is 91.0 Å². The monoisotopic (exact) mass is 364 g/mol. The highest BCUT2D eigenvalue weighted by molar-refractivity contribution is 7.80. The number of thiol groups is 1. The van der Waals surface area contributed by atoms with Crippen molar-refractivity contribution in [1.82, 2.24) is 0 Å². The van der Waals surface area contributed by atoms with Crippen LogP contribution in [0.2, 0.25) is 0 Å². The van der Waals surface area contributed by atoms with E-state index in [2.05, 4.69) is 49.0 Å². The van der Waals surface area contributed by atoms with Crippen molar-refractivity contribution >= 4 is 12.6 Å². The van der Waals surface area contributed by atoms with Gasteiger partial charge in [0.1, 0.15) is 5.60 Å². The molecule has 3 heteroatoms. The van der Waals surface area contributed by atoms with Crippen LogP contribution in [-0.2, 0) is 15.1 Å². The highest BCUT2D eigenvalue weighted by Crippen LogP contribution is 2.40. The average Bonchev–Trinajstić information content (AvgIpc) is 2.74. The minimum absolute atomic E-state index is 0.0751. The van der Waals surface area contributed by atoms with E-state index in [0.29, 0.717) is 12.4 Å². The highest BCUT2D eigenvalue weighted by Gasteiger charge is 2.38. The topological polar surface area (TPSA) is 18.5 Å². The van der Waals surface area contributed by atoms with Crippen molar-refractivity contribution in [2.24, 2.45) is 0 Å². The van der Waals surface area contributed by atoms with Crippen molar-refractivity contribution in [2.75, 3.05) is 19.5 Å². The summed E-state index contributed by atoms with van der Waals surface area (Å²) >= 11 is 4.38. The number of hydrogen-bond acceptors (Lipinski definition) is 3. The fourth-order valence-electron chi connectivity index (χ4n) is 3.18. The second-order valence-electron chi connectivity index (χ2n) is 6.13. The fraction of sp³-hybridized carbons (Fsp3) is 0.217. The summed E-state index contributed by atoms with van der Waals surface area (Å²) in [6, 6.07) is 31.0. The first kappa shape index (κ1) is 18.7. The molecule has 3 rings (SSSR count). The quantitative estimate of drug-likeness (QED) is 0.451. The van der Waals surface area contributed by atoms with Gasteiger partial charge in [-0.2, -0.15) is 12.6 Å². The number of rotatable bonds is 8. The van der Waals surface area contributed by atoms with E-state index in [1.54, 1.807) is 7.11 Å². The minimum atomic E-state index is -0.705. The molecule has 0 N–H and O–H groups in total. The molecule has 0 aliphatic carbocycles. The predicted octanol–water partition coefficient (Wildman–Crippen LogP) is 4.94. The molecule has 3 aromatic carbocycles. The van der Waals surface area contributed by atoms with E-state index in [9.17, 15) is 0 Å². The van der Waals surface area contributed by atoms with Gasteiger partial charge in [0.25, 0.3) is 0 Å². The summed E-state index contributed by atoms with van der Waals surface area (Å²) in [4.78, 5) is 0. The molecule has 0 saturated heterocycles. The van der Waals surface area contributed by atoms with E-state index in [-0.39, 0.29) is 6.10 Å². The molecule has 0 spiro atoms. The molecular weight excluding hydrogens is 340 g/mol. The largest absolute Gasteiger partial charge is 0.378 e. The molecule has 0 bridgehead atoms. The van der Waals surface area contributed by atoms with Gasteiger partial charge in [-0.15, -0.1) is 0 Å². The maximum atomic E-state index is 6.66. The molecule has 3 aromatic rings. The molecule has 0 aromatic heterocycles. The van der Waals surface area contributed by atoms with Gasteiger partial charge in [0, 0.05) is 12.9 Å². The Morgan fingerprint density at radius 3 is 1.42 bits per heavy atom. The van der Waals surface area contributed by atoms with Gasteiger partial charge in [-0.05, 0) is 16.7 Å². The van der Waals surface area contributed by atoms with Crippen LogP contribution in [0.5, 0.6) is 0 Å². The lowest BCUT2D eigenvalue weighted by molar-refractivity contribution is -0.0437. The maximum absolute atomic E-state index is 6.66. The molecule has 0 saturated carbocycles. The first-order valence-corrected chi connectivity index (χ1v) is 9.38. The predicted molar refractivity (Wildman–Crippen MR) is 110 cm³/mol. The molecule has 0 heterocycles. The maximum Gasteiger partial charge on any atom is 0.143 e. The van der Waals surface area contributed by atoms with Crippen LogP contribution >= 0.6 is 12.6 Å². The Morgan fingerprint density at radius 1 is 0.731 bits per heavy atom. The average molecular weight is 365 g/mol. The first-order valence-electron chi connectivity index (χ1n) is 8.75. The van der Waals surface area contributed by atoms with Crippen LogP contribution < -0.4 is 0 Å². The molecule has 134 valence electrons. The summed E-state index contributed by atoms with van der Waals surface area (Å²) in [5.41, 5.74) is 2.56. The fourth-order valence-corrected chi connectivity index (χ4v) is 3.44. The molecule has 1 atom stereocenters. The van der Waals surface area contributed by atoms with E-state index in [1.165, 1.54) is 0 Å². The van der Waals surface area contributed by atoms with E-state index in [1.807, 2.05) is 54.6 Å². The zero-order valence-corrected chi connectivity index (χ0v) is 15.8. The molecule has 0 amide bonds. The molecule has 2 nitrogen and oxygen atoms in total. The van der Waals surface area contributed by atoms with Gasteiger partial charge in [0.15, 0.2) is 0 Å². The van der Waals surface area contributed by atoms with Crippen molar-refractivity contribution < 1.29 is 9.47 Å². The summed E-state index contributed by atoms with van der Waals surface area (Å²) in [5.74, 6) is 0.602. The third-order valence-corrected chi connectivity index (χ3v) is 4.97. The summed E-state index contributed by atoms with van der Waals surface area (Å²) in [6.07, 6.45) is -0.0751. The Kier molecular flexibility index (Phi) is 6.51. The standard InChI is InChI=1S/C23H24O2S/c1-24-22(18-26)17-25-23(19-11-5-2-6-12-19,20-13-7-3-8-14-20)21-15-9-4-10-16-21/h2-16,22,26H,17-18H2,1H3/t22-/m0/s1. The number of hydrogen-bond donors (Lipinski definition) is 1.